The lowest BCUT2D eigenvalue weighted by molar-refractivity contribution is 0.139. The zero-order valence-electron chi connectivity index (χ0n) is 16.0. The van der Waals surface area contributed by atoms with Crippen molar-refractivity contribution in [2.45, 2.75) is 13.3 Å². The summed E-state index contributed by atoms with van der Waals surface area (Å²) in [4.78, 5) is 13.3. The third kappa shape index (κ3) is 8.83. The molecule has 0 saturated carbocycles. The molecule has 1 aromatic heterocycles. The molecule has 8 heteroatoms. The van der Waals surface area contributed by atoms with Gasteiger partial charge in [0.05, 0.1) is 0 Å². The minimum atomic E-state index is 0. The standard InChI is InChI=1S/C18H31ClN6.HI/c1-15(14-25-10-8-24(3)9-11-25)12-23-18(20-2)21-7-6-16-4-5-17(19)22-13-16;/h4-5,13,15H,6-12,14H2,1-3H3,(H2,20,21,23);1H. The van der Waals surface area contributed by atoms with Crippen LogP contribution in [0, 0.1) is 5.92 Å². The number of likely N-dealkylation sites (N-methyl/N-ethyl adjacent to an activating group) is 1. The van der Waals surface area contributed by atoms with Crippen molar-refractivity contribution in [1.29, 1.82) is 0 Å². The van der Waals surface area contributed by atoms with Crippen molar-refractivity contribution < 1.29 is 0 Å². The fourth-order valence-corrected chi connectivity index (χ4v) is 3.02. The van der Waals surface area contributed by atoms with E-state index in [1.54, 1.807) is 0 Å². The molecule has 1 aromatic rings. The molecule has 148 valence electrons. The van der Waals surface area contributed by atoms with Gasteiger partial charge in [0.25, 0.3) is 0 Å². The third-order valence-corrected chi connectivity index (χ3v) is 4.73. The van der Waals surface area contributed by atoms with Crippen LogP contribution in [0.4, 0.5) is 0 Å². The molecule has 26 heavy (non-hydrogen) atoms. The molecule has 0 amide bonds. The Kier molecular flexibility index (Phi) is 11.4. The molecule has 0 radical (unpaired) electrons. The van der Waals surface area contributed by atoms with E-state index in [0.29, 0.717) is 11.1 Å². The Bertz CT molecular complexity index is 531. The molecule has 6 nitrogen and oxygen atoms in total. The van der Waals surface area contributed by atoms with Gasteiger partial charge in [-0.05, 0) is 31.0 Å². The Morgan fingerprint density at radius 2 is 2.00 bits per heavy atom. The van der Waals surface area contributed by atoms with Crippen LogP contribution < -0.4 is 10.6 Å². The van der Waals surface area contributed by atoms with Crippen LogP contribution in [0.2, 0.25) is 5.15 Å². The van der Waals surface area contributed by atoms with Gasteiger partial charge in [0, 0.05) is 59.1 Å². The largest absolute Gasteiger partial charge is 0.356 e. The molecule has 0 aromatic carbocycles. The number of halogens is 2. The lowest BCUT2D eigenvalue weighted by Crippen LogP contribution is -2.47. The molecular formula is C18H32ClIN6. The van der Waals surface area contributed by atoms with E-state index in [1.165, 1.54) is 26.2 Å². The number of guanidine groups is 1. The van der Waals surface area contributed by atoms with Crippen LogP contribution in [0.5, 0.6) is 0 Å². The minimum absolute atomic E-state index is 0. The number of piperazine rings is 1. The Morgan fingerprint density at radius 1 is 1.27 bits per heavy atom. The lowest BCUT2D eigenvalue weighted by atomic mass is 10.1. The summed E-state index contributed by atoms with van der Waals surface area (Å²) in [6, 6.07) is 3.83. The first kappa shape index (κ1) is 23.4. The minimum Gasteiger partial charge on any atom is -0.356 e. The van der Waals surface area contributed by atoms with Gasteiger partial charge in [0.1, 0.15) is 5.15 Å². The van der Waals surface area contributed by atoms with Gasteiger partial charge in [-0.15, -0.1) is 24.0 Å². The van der Waals surface area contributed by atoms with Crippen molar-refractivity contribution in [1.82, 2.24) is 25.4 Å². The second kappa shape index (κ2) is 12.7. The number of hydrogen-bond donors (Lipinski definition) is 2. The molecule has 2 heterocycles. The highest BCUT2D eigenvalue weighted by molar-refractivity contribution is 14.0. The molecule has 1 atom stereocenters. The van der Waals surface area contributed by atoms with Crippen molar-refractivity contribution in [3.8, 4) is 0 Å². The fraction of sp³-hybridized carbons (Fsp3) is 0.667. The van der Waals surface area contributed by atoms with Crippen LogP contribution in [0.25, 0.3) is 0 Å². The van der Waals surface area contributed by atoms with Crippen molar-refractivity contribution in [2.75, 3.05) is 59.9 Å². The number of nitrogens with one attached hydrogen (secondary N) is 2. The number of aromatic nitrogens is 1. The molecule has 1 aliphatic rings. The highest BCUT2D eigenvalue weighted by Gasteiger charge is 2.16. The third-order valence-electron chi connectivity index (χ3n) is 4.50. The maximum atomic E-state index is 5.80. The van der Waals surface area contributed by atoms with Crippen molar-refractivity contribution in [3.05, 3.63) is 29.0 Å². The zero-order chi connectivity index (χ0) is 18.1. The number of pyridine rings is 1. The summed E-state index contributed by atoms with van der Waals surface area (Å²) < 4.78 is 0. The number of nitrogens with zero attached hydrogens (tertiary/aromatic N) is 4. The van der Waals surface area contributed by atoms with Crippen molar-refractivity contribution in [3.63, 3.8) is 0 Å². The Balaban J connectivity index is 0.00000338. The molecule has 1 aliphatic heterocycles. The smallest absolute Gasteiger partial charge is 0.190 e. The quantitative estimate of drug-likeness (QED) is 0.263. The van der Waals surface area contributed by atoms with E-state index < -0.39 is 0 Å². The summed E-state index contributed by atoms with van der Waals surface area (Å²) in [7, 11) is 4.00. The van der Waals surface area contributed by atoms with E-state index in [0.717, 1.165) is 37.6 Å². The second-order valence-electron chi connectivity index (χ2n) is 6.83. The summed E-state index contributed by atoms with van der Waals surface area (Å²) in [6.45, 7) is 9.84. The number of rotatable bonds is 7. The van der Waals surface area contributed by atoms with E-state index in [4.69, 9.17) is 11.6 Å². The van der Waals surface area contributed by atoms with E-state index >= 15 is 0 Å². The monoisotopic (exact) mass is 494 g/mol. The SMILES string of the molecule is CN=C(NCCc1ccc(Cl)nc1)NCC(C)CN1CCN(C)CC1.I. The summed E-state index contributed by atoms with van der Waals surface area (Å²) >= 11 is 5.80. The number of hydrogen-bond acceptors (Lipinski definition) is 4. The fourth-order valence-electron chi connectivity index (χ4n) is 2.91. The summed E-state index contributed by atoms with van der Waals surface area (Å²) in [5, 5.41) is 7.31. The van der Waals surface area contributed by atoms with E-state index in [9.17, 15) is 0 Å². The molecular weight excluding hydrogens is 463 g/mol. The topological polar surface area (TPSA) is 55.8 Å². The molecule has 1 saturated heterocycles. The van der Waals surface area contributed by atoms with Crippen LogP contribution in [-0.2, 0) is 6.42 Å². The normalized spacial score (nSPS) is 17.5. The molecule has 1 fully saturated rings. The molecule has 0 bridgehead atoms. The van der Waals surface area contributed by atoms with E-state index in [1.807, 2.05) is 25.4 Å². The van der Waals surface area contributed by atoms with Crippen molar-refractivity contribution >= 4 is 41.5 Å². The second-order valence-corrected chi connectivity index (χ2v) is 7.22. The maximum absolute atomic E-state index is 5.80. The lowest BCUT2D eigenvalue weighted by Gasteiger charge is -2.34. The van der Waals surface area contributed by atoms with Crippen LogP contribution in [0.3, 0.4) is 0 Å². The van der Waals surface area contributed by atoms with Gasteiger partial charge < -0.3 is 20.4 Å². The molecule has 2 N–H and O–H groups in total. The van der Waals surface area contributed by atoms with Gasteiger partial charge in [-0.2, -0.15) is 0 Å². The highest BCUT2D eigenvalue weighted by atomic mass is 127. The predicted molar refractivity (Wildman–Crippen MR) is 121 cm³/mol. The first-order valence-electron chi connectivity index (χ1n) is 9.02. The first-order valence-corrected chi connectivity index (χ1v) is 9.40. The van der Waals surface area contributed by atoms with E-state index in [2.05, 4.69) is 44.4 Å². The number of aliphatic imine (C=N–C) groups is 1. The van der Waals surface area contributed by atoms with Gasteiger partial charge >= 0.3 is 0 Å². The highest BCUT2D eigenvalue weighted by Crippen LogP contribution is 2.05. The van der Waals surface area contributed by atoms with Crippen LogP contribution in [-0.4, -0.2) is 80.7 Å². The molecule has 2 rings (SSSR count). The van der Waals surface area contributed by atoms with E-state index in [-0.39, 0.29) is 24.0 Å². The molecule has 0 aliphatic carbocycles. The summed E-state index contributed by atoms with van der Waals surface area (Å²) in [6.07, 6.45) is 2.71. The van der Waals surface area contributed by atoms with Gasteiger partial charge in [0.2, 0.25) is 0 Å². The Labute approximate surface area is 179 Å². The Morgan fingerprint density at radius 3 is 2.62 bits per heavy atom. The van der Waals surface area contributed by atoms with Crippen molar-refractivity contribution in [2.24, 2.45) is 10.9 Å². The zero-order valence-corrected chi connectivity index (χ0v) is 19.1. The molecule has 0 spiro atoms. The first-order chi connectivity index (χ1) is 12.1. The van der Waals surface area contributed by atoms with Gasteiger partial charge in [-0.3, -0.25) is 4.99 Å². The average molecular weight is 495 g/mol. The van der Waals surface area contributed by atoms with Crippen LogP contribution in [0.1, 0.15) is 12.5 Å². The van der Waals surface area contributed by atoms with Gasteiger partial charge in [0.15, 0.2) is 5.96 Å². The van der Waals surface area contributed by atoms with Crippen LogP contribution >= 0.6 is 35.6 Å². The predicted octanol–water partition coefficient (Wildman–Crippen LogP) is 1.94. The molecule has 1 unspecified atom stereocenters. The average Bonchev–Trinajstić information content (AvgIpc) is 2.61. The van der Waals surface area contributed by atoms with Crippen LogP contribution in [0.15, 0.2) is 23.3 Å². The van der Waals surface area contributed by atoms with Gasteiger partial charge in [-0.1, -0.05) is 24.6 Å². The Hall–Kier alpha value is -0.640. The summed E-state index contributed by atoms with van der Waals surface area (Å²) in [5.74, 6) is 1.44. The maximum Gasteiger partial charge on any atom is 0.190 e. The van der Waals surface area contributed by atoms with Gasteiger partial charge in [-0.25, -0.2) is 4.98 Å². The summed E-state index contributed by atoms with van der Waals surface area (Å²) in [5.41, 5.74) is 1.16.